The van der Waals surface area contributed by atoms with E-state index in [4.69, 9.17) is 0 Å². The summed E-state index contributed by atoms with van der Waals surface area (Å²) < 4.78 is 0. The van der Waals surface area contributed by atoms with E-state index in [2.05, 4.69) is 45.6 Å². The lowest BCUT2D eigenvalue weighted by atomic mass is 9.98. The van der Waals surface area contributed by atoms with E-state index in [1.165, 1.54) is 11.1 Å². The molecule has 1 saturated heterocycles. The summed E-state index contributed by atoms with van der Waals surface area (Å²) in [4.78, 5) is 35.1. The first kappa shape index (κ1) is 20.8. The smallest absolute Gasteiger partial charge is 0.275 e. The molecule has 6 heteroatoms. The van der Waals surface area contributed by atoms with Crippen molar-refractivity contribution in [3.05, 3.63) is 102 Å². The van der Waals surface area contributed by atoms with Crippen molar-refractivity contribution in [2.45, 2.75) is 6.42 Å². The predicted molar refractivity (Wildman–Crippen MR) is 128 cm³/mol. The molecule has 1 N–H and O–H groups in total. The van der Waals surface area contributed by atoms with E-state index >= 15 is 0 Å². The van der Waals surface area contributed by atoms with Gasteiger partial charge in [0, 0.05) is 31.6 Å². The van der Waals surface area contributed by atoms with Gasteiger partial charge in [0.15, 0.2) is 0 Å². The maximum absolute atomic E-state index is 12.7. The summed E-state index contributed by atoms with van der Waals surface area (Å²) in [6, 6.07) is 19.2. The van der Waals surface area contributed by atoms with Crippen molar-refractivity contribution in [3.8, 4) is 0 Å². The fraction of sp³-hybridized carbons (Fsp3) is 0.185. The number of hydrogen-bond donors (Lipinski definition) is 1. The maximum atomic E-state index is 12.7. The van der Waals surface area contributed by atoms with Crippen LogP contribution in [0.4, 0.5) is 5.82 Å². The zero-order chi connectivity index (χ0) is 22.6. The number of hydrogen-bond acceptors (Lipinski definition) is 4. The van der Waals surface area contributed by atoms with E-state index in [9.17, 15) is 9.59 Å². The quantitative estimate of drug-likeness (QED) is 0.605. The average molecular weight is 437 g/mol. The number of carbonyl (C=O) groups is 2. The van der Waals surface area contributed by atoms with Crippen LogP contribution < -0.4 is 5.32 Å². The van der Waals surface area contributed by atoms with E-state index in [1.54, 1.807) is 48.8 Å². The number of benzene rings is 1. The van der Waals surface area contributed by atoms with Gasteiger partial charge in [0.25, 0.3) is 5.91 Å². The second-order valence-electron chi connectivity index (χ2n) is 8.41. The molecule has 0 radical (unpaired) electrons. The van der Waals surface area contributed by atoms with Gasteiger partial charge in [-0.3, -0.25) is 14.6 Å². The van der Waals surface area contributed by atoms with Crippen molar-refractivity contribution in [2.24, 2.45) is 11.8 Å². The molecule has 2 unspecified atom stereocenters. The Morgan fingerprint density at radius 2 is 1.82 bits per heavy atom. The van der Waals surface area contributed by atoms with Gasteiger partial charge in [-0.05, 0) is 65.3 Å². The summed E-state index contributed by atoms with van der Waals surface area (Å²) in [6.45, 7) is 1.55. The number of amides is 2. The Morgan fingerprint density at radius 3 is 2.55 bits per heavy atom. The van der Waals surface area contributed by atoms with E-state index < -0.39 is 0 Å². The number of anilines is 1. The third kappa shape index (κ3) is 4.75. The van der Waals surface area contributed by atoms with Crippen LogP contribution in [0.5, 0.6) is 0 Å². The van der Waals surface area contributed by atoms with E-state index in [-0.39, 0.29) is 11.8 Å². The summed E-state index contributed by atoms with van der Waals surface area (Å²) in [6.07, 6.45) is 9.94. The molecule has 1 aliphatic carbocycles. The van der Waals surface area contributed by atoms with Crippen LogP contribution in [0.25, 0.3) is 11.6 Å². The number of nitrogens with zero attached hydrogens (tertiary/aromatic N) is 3. The standard InChI is InChI=1S/C27H24N4O2/c32-26(31-17-22-14-21(15-23(22)18-31)20-6-2-1-3-7-20)12-10-19-9-11-25(29-16-19)30-27(33)24-8-4-5-13-28-24/h1-14,16,22-23H,15,17-18H2,(H,29,30,33). The van der Waals surface area contributed by atoms with Gasteiger partial charge in [0.1, 0.15) is 11.5 Å². The number of rotatable bonds is 5. The highest BCUT2D eigenvalue weighted by atomic mass is 16.2. The molecule has 1 aromatic carbocycles. The minimum absolute atomic E-state index is 0.0200. The molecule has 33 heavy (non-hydrogen) atoms. The Labute approximate surface area is 192 Å². The van der Waals surface area contributed by atoms with Crippen LogP contribution in [0.1, 0.15) is 28.0 Å². The summed E-state index contributed by atoms with van der Waals surface area (Å²) in [5.74, 6) is 1.07. The first-order chi connectivity index (χ1) is 16.2. The minimum Gasteiger partial charge on any atom is -0.338 e. The fourth-order valence-corrected chi connectivity index (χ4v) is 4.48. The number of pyridine rings is 2. The molecule has 1 fully saturated rings. The number of nitrogens with one attached hydrogen (secondary N) is 1. The number of aromatic nitrogens is 2. The molecular formula is C27H24N4O2. The minimum atomic E-state index is -0.314. The van der Waals surface area contributed by atoms with Crippen molar-refractivity contribution in [1.82, 2.24) is 14.9 Å². The Kier molecular flexibility index (Phi) is 5.81. The second-order valence-corrected chi connectivity index (χ2v) is 8.41. The molecule has 2 amide bonds. The van der Waals surface area contributed by atoms with Crippen LogP contribution in [0, 0.1) is 11.8 Å². The molecule has 2 aromatic heterocycles. The summed E-state index contributed by atoms with van der Waals surface area (Å²) in [5.41, 5.74) is 3.81. The predicted octanol–water partition coefficient (Wildman–Crippen LogP) is 4.30. The van der Waals surface area contributed by atoms with Gasteiger partial charge >= 0.3 is 0 Å². The monoisotopic (exact) mass is 436 g/mol. The normalized spacial score (nSPS) is 19.4. The molecule has 6 nitrogen and oxygen atoms in total. The molecule has 164 valence electrons. The third-order valence-electron chi connectivity index (χ3n) is 6.19. The Morgan fingerprint density at radius 1 is 0.970 bits per heavy atom. The summed E-state index contributed by atoms with van der Waals surface area (Å²) in [7, 11) is 0. The average Bonchev–Trinajstić information content (AvgIpc) is 3.44. The Balaban J connectivity index is 1.16. The molecule has 2 atom stereocenters. The van der Waals surface area contributed by atoms with Crippen molar-refractivity contribution < 1.29 is 9.59 Å². The molecule has 3 aromatic rings. The highest BCUT2D eigenvalue weighted by Gasteiger charge is 2.37. The van der Waals surface area contributed by atoms with E-state index in [0.717, 1.165) is 25.1 Å². The fourth-order valence-electron chi connectivity index (χ4n) is 4.48. The highest BCUT2D eigenvalue weighted by molar-refractivity contribution is 6.02. The molecule has 5 rings (SSSR count). The van der Waals surface area contributed by atoms with Gasteiger partial charge in [-0.2, -0.15) is 0 Å². The number of carbonyl (C=O) groups excluding carboxylic acids is 2. The zero-order valence-electron chi connectivity index (χ0n) is 18.1. The topological polar surface area (TPSA) is 75.2 Å². The molecular weight excluding hydrogens is 412 g/mol. The van der Waals surface area contributed by atoms with Gasteiger partial charge in [0.2, 0.25) is 5.91 Å². The third-order valence-corrected chi connectivity index (χ3v) is 6.19. The lowest BCUT2D eigenvalue weighted by Crippen LogP contribution is -2.27. The second kappa shape index (κ2) is 9.20. The number of allylic oxidation sites excluding steroid dienone is 1. The molecule has 1 aliphatic heterocycles. The Bertz CT molecular complexity index is 1200. The first-order valence-electron chi connectivity index (χ1n) is 11.1. The summed E-state index contributed by atoms with van der Waals surface area (Å²) >= 11 is 0. The SMILES string of the molecule is O=C(Nc1ccc(C=CC(=O)N2CC3C=C(c4ccccc4)CC3C2)cn1)c1ccccn1. The van der Waals surface area contributed by atoms with E-state index in [1.807, 2.05) is 17.0 Å². The van der Waals surface area contributed by atoms with Crippen LogP contribution in [0.3, 0.4) is 0 Å². The van der Waals surface area contributed by atoms with Crippen LogP contribution >= 0.6 is 0 Å². The van der Waals surface area contributed by atoms with Crippen LogP contribution in [0.2, 0.25) is 0 Å². The number of fused-ring (bicyclic) bond motifs is 1. The largest absolute Gasteiger partial charge is 0.338 e. The molecule has 0 bridgehead atoms. The van der Waals surface area contributed by atoms with Gasteiger partial charge in [-0.15, -0.1) is 0 Å². The van der Waals surface area contributed by atoms with Gasteiger partial charge in [-0.25, -0.2) is 4.98 Å². The number of likely N-dealkylation sites (tertiary alicyclic amines) is 1. The van der Waals surface area contributed by atoms with Crippen molar-refractivity contribution in [3.63, 3.8) is 0 Å². The van der Waals surface area contributed by atoms with Gasteiger partial charge in [0.05, 0.1) is 0 Å². The maximum Gasteiger partial charge on any atom is 0.275 e. The lowest BCUT2D eigenvalue weighted by molar-refractivity contribution is -0.125. The summed E-state index contributed by atoms with van der Waals surface area (Å²) in [5, 5.41) is 2.72. The highest BCUT2D eigenvalue weighted by Crippen LogP contribution is 2.40. The molecule has 0 saturated carbocycles. The molecule has 3 heterocycles. The molecule has 0 spiro atoms. The van der Waals surface area contributed by atoms with Gasteiger partial charge < -0.3 is 10.2 Å². The lowest BCUT2D eigenvalue weighted by Gasteiger charge is -2.15. The van der Waals surface area contributed by atoms with Crippen LogP contribution in [-0.2, 0) is 4.79 Å². The van der Waals surface area contributed by atoms with Gasteiger partial charge in [-0.1, -0.05) is 42.5 Å². The Hall–Kier alpha value is -4.06. The van der Waals surface area contributed by atoms with Crippen LogP contribution in [-0.4, -0.2) is 39.8 Å². The van der Waals surface area contributed by atoms with Crippen molar-refractivity contribution >= 4 is 29.3 Å². The molecule has 2 aliphatic rings. The zero-order valence-corrected chi connectivity index (χ0v) is 18.1. The van der Waals surface area contributed by atoms with Crippen LogP contribution in [0.15, 0.2) is 85.2 Å². The van der Waals surface area contributed by atoms with Crippen molar-refractivity contribution in [2.75, 3.05) is 18.4 Å². The van der Waals surface area contributed by atoms with E-state index in [0.29, 0.717) is 23.3 Å². The first-order valence-corrected chi connectivity index (χ1v) is 11.1. The van der Waals surface area contributed by atoms with Crippen molar-refractivity contribution in [1.29, 1.82) is 0 Å².